The van der Waals surface area contributed by atoms with Gasteiger partial charge in [0.15, 0.2) is 0 Å². The zero-order valence-corrected chi connectivity index (χ0v) is 12.1. The average molecular weight is 303 g/mol. The van der Waals surface area contributed by atoms with E-state index in [1.807, 2.05) is 48.5 Å². The maximum Gasteiger partial charge on any atom is 0.135 e. The smallest absolute Gasteiger partial charge is 0.135 e. The van der Waals surface area contributed by atoms with Gasteiger partial charge in [-0.25, -0.2) is 5.10 Å². The summed E-state index contributed by atoms with van der Waals surface area (Å²) in [6.45, 7) is 0. The van der Waals surface area contributed by atoms with Crippen LogP contribution in [0.15, 0.2) is 73.4 Å². The summed E-state index contributed by atoms with van der Waals surface area (Å²) in [7, 11) is 0. The zero-order valence-electron chi connectivity index (χ0n) is 12.1. The van der Waals surface area contributed by atoms with Crippen LogP contribution in [0, 0.1) is 0 Å². The van der Waals surface area contributed by atoms with E-state index in [9.17, 15) is 0 Å². The molecule has 0 aromatic carbocycles. The molecule has 0 radical (unpaired) electrons. The number of hydrogen-bond acceptors (Lipinski definition) is 6. The van der Waals surface area contributed by atoms with Crippen molar-refractivity contribution in [2.45, 2.75) is 0 Å². The summed E-state index contributed by atoms with van der Waals surface area (Å²) >= 11 is 0. The van der Waals surface area contributed by atoms with Crippen LogP contribution < -0.4 is 0 Å². The summed E-state index contributed by atoms with van der Waals surface area (Å²) in [5.74, 6) is 0. The molecule has 0 atom stereocenters. The summed E-state index contributed by atoms with van der Waals surface area (Å²) in [5, 5.41) is 12.1. The third kappa shape index (κ3) is 3.79. The van der Waals surface area contributed by atoms with Crippen LogP contribution in [-0.4, -0.2) is 35.6 Å². The highest BCUT2D eigenvalue weighted by atomic mass is 15.5. The SMILES string of the molecule is c1ccc(-c2cccnc2-c2ccccn2)nc1.c1nnn[nH]1. The van der Waals surface area contributed by atoms with Crippen molar-refractivity contribution in [2.75, 3.05) is 0 Å². The molecule has 0 saturated heterocycles. The highest BCUT2D eigenvalue weighted by Gasteiger charge is 2.09. The molecule has 0 aliphatic rings. The lowest BCUT2D eigenvalue weighted by Crippen LogP contribution is -1.92. The van der Waals surface area contributed by atoms with Gasteiger partial charge in [-0.05, 0) is 46.8 Å². The molecule has 7 heteroatoms. The summed E-state index contributed by atoms with van der Waals surface area (Å²) in [6.07, 6.45) is 6.73. The topological polar surface area (TPSA) is 93.1 Å². The number of nitrogens with zero attached hydrogens (tertiary/aromatic N) is 6. The Hall–Kier alpha value is -3.48. The molecule has 4 aromatic rings. The molecular formula is C16H13N7. The van der Waals surface area contributed by atoms with Gasteiger partial charge in [-0.1, -0.05) is 12.1 Å². The normalized spacial score (nSPS) is 9.74. The molecule has 4 rings (SSSR count). The van der Waals surface area contributed by atoms with E-state index in [4.69, 9.17) is 0 Å². The summed E-state index contributed by atoms with van der Waals surface area (Å²) in [6, 6.07) is 15.6. The fourth-order valence-corrected chi connectivity index (χ4v) is 1.97. The Morgan fingerprint density at radius 1 is 0.696 bits per heavy atom. The molecule has 0 spiro atoms. The lowest BCUT2D eigenvalue weighted by atomic mass is 10.1. The molecular weight excluding hydrogens is 290 g/mol. The van der Waals surface area contributed by atoms with Gasteiger partial charge in [-0.3, -0.25) is 15.0 Å². The predicted molar refractivity (Wildman–Crippen MR) is 84.9 cm³/mol. The van der Waals surface area contributed by atoms with Gasteiger partial charge in [0.25, 0.3) is 0 Å². The fraction of sp³-hybridized carbons (Fsp3) is 0. The molecule has 0 unspecified atom stereocenters. The van der Waals surface area contributed by atoms with Crippen LogP contribution in [0.1, 0.15) is 0 Å². The predicted octanol–water partition coefficient (Wildman–Crippen LogP) is 2.41. The van der Waals surface area contributed by atoms with E-state index >= 15 is 0 Å². The van der Waals surface area contributed by atoms with Crippen molar-refractivity contribution in [1.82, 2.24) is 35.6 Å². The van der Waals surface area contributed by atoms with E-state index in [2.05, 4.69) is 35.6 Å². The summed E-state index contributed by atoms with van der Waals surface area (Å²) in [5.41, 5.74) is 3.62. The highest BCUT2D eigenvalue weighted by molar-refractivity contribution is 5.76. The Morgan fingerprint density at radius 2 is 1.43 bits per heavy atom. The van der Waals surface area contributed by atoms with Crippen LogP contribution in [0.2, 0.25) is 0 Å². The van der Waals surface area contributed by atoms with Crippen molar-refractivity contribution >= 4 is 0 Å². The first-order valence-electron chi connectivity index (χ1n) is 6.90. The van der Waals surface area contributed by atoms with Crippen molar-refractivity contribution < 1.29 is 0 Å². The monoisotopic (exact) mass is 303 g/mol. The number of aromatic nitrogens is 7. The Balaban J connectivity index is 0.000000267. The quantitative estimate of drug-likeness (QED) is 0.611. The second-order valence-corrected chi connectivity index (χ2v) is 4.39. The van der Waals surface area contributed by atoms with Crippen molar-refractivity contribution in [3.8, 4) is 22.6 Å². The van der Waals surface area contributed by atoms with E-state index in [1.54, 1.807) is 18.6 Å². The molecule has 4 aromatic heterocycles. The molecule has 0 fully saturated rings. The van der Waals surface area contributed by atoms with Crippen LogP contribution in [-0.2, 0) is 0 Å². The van der Waals surface area contributed by atoms with Gasteiger partial charge in [-0.15, -0.1) is 5.10 Å². The summed E-state index contributed by atoms with van der Waals surface area (Å²) < 4.78 is 0. The molecule has 7 nitrogen and oxygen atoms in total. The van der Waals surface area contributed by atoms with Gasteiger partial charge in [0.1, 0.15) is 6.33 Å². The molecule has 1 N–H and O–H groups in total. The number of rotatable bonds is 2. The average Bonchev–Trinajstić information content (AvgIpc) is 3.23. The van der Waals surface area contributed by atoms with E-state index in [0.717, 1.165) is 22.6 Å². The van der Waals surface area contributed by atoms with Crippen LogP contribution >= 0.6 is 0 Å². The van der Waals surface area contributed by atoms with Crippen molar-refractivity contribution in [1.29, 1.82) is 0 Å². The number of pyridine rings is 3. The highest BCUT2D eigenvalue weighted by Crippen LogP contribution is 2.26. The van der Waals surface area contributed by atoms with E-state index in [-0.39, 0.29) is 0 Å². The Morgan fingerprint density at radius 3 is 2.00 bits per heavy atom. The molecule has 4 heterocycles. The second-order valence-electron chi connectivity index (χ2n) is 4.39. The third-order valence-electron chi connectivity index (χ3n) is 2.93. The Kier molecular flexibility index (Phi) is 4.72. The Bertz CT molecular complexity index is 742. The molecule has 112 valence electrons. The molecule has 0 amide bonds. The van der Waals surface area contributed by atoms with Crippen LogP contribution in [0.25, 0.3) is 22.6 Å². The lowest BCUT2D eigenvalue weighted by molar-refractivity contribution is 0.881. The first-order chi connectivity index (χ1) is 11.4. The lowest BCUT2D eigenvalue weighted by Gasteiger charge is -2.06. The van der Waals surface area contributed by atoms with Crippen molar-refractivity contribution in [3.05, 3.63) is 73.4 Å². The maximum atomic E-state index is 4.42. The third-order valence-corrected chi connectivity index (χ3v) is 2.93. The Labute approximate surface area is 132 Å². The van der Waals surface area contributed by atoms with Crippen molar-refractivity contribution in [3.63, 3.8) is 0 Å². The van der Waals surface area contributed by atoms with Gasteiger partial charge >= 0.3 is 0 Å². The minimum atomic E-state index is 0.858. The van der Waals surface area contributed by atoms with Crippen LogP contribution in [0.3, 0.4) is 0 Å². The van der Waals surface area contributed by atoms with Gasteiger partial charge in [0.2, 0.25) is 0 Å². The van der Waals surface area contributed by atoms with Crippen LogP contribution in [0.4, 0.5) is 0 Å². The number of hydrogen-bond donors (Lipinski definition) is 1. The van der Waals surface area contributed by atoms with Gasteiger partial charge in [0, 0.05) is 24.2 Å². The number of aromatic amines is 1. The largest absolute Gasteiger partial charge is 0.256 e. The number of H-pyrrole nitrogens is 1. The van der Waals surface area contributed by atoms with E-state index in [0.29, 0.717) is 0 Å². The minimum absolute atomic E-state index is 0.858. The van der Waals surface area contributed by atoms with Crippen molar-refractivity contribution in [2.24, 2.45) is 0 Å². The number of nitrogens with one attached hydrogen (secondary N) is 1. The first kappa shape index (κ1) is 14.5. The van der Waals surface area contributed by atoms with Gasteiger partial charge < -0.3 is 0 Å². The number of tetrazole rings is 1. The minimum Gasteiger partial charge on any atom is -0.256 e. The van der Waals surface area contributed by atoms with Gasteiger partial charge in [-0.2, -0.15) is 0 Å². The van der Waals surface area contributed by atoms with Crippen LogP contribution in [0.5, 0.6) is 0 Å². The molecule has 0 aliphatic heterocycles. The maximum absolute atomic E-state index is 4.42. The van der Waals surface area contributed by atoms with Gasteiger partial charge in [0.05, 0.1) is 17.1 Å². The van der Waals surface area contributed by atoms with E-state index < -0.39 is 0 Å². The molecule has 0 bridgehead atoms. The molecule has 0 saturated carbocycles. The second kappa shape index (κ2) is 7.51. The fourth-order valence-electron chi connectivity index (χ4n) is 1.97. The molecule has 0 aliphatic carbocycles. The zero-order chi connectivity index (χ0) is 15.7. The first-order valence-corrected chi connectivity index (χ1v) is 6.90. The summed E-state index contributed by atoms with van der Waals surface area (Å²) in [4.78, 5) is 13.1. The van der Waals surface area contributed by atoms with E-state index in [1.165, 1.54) is 6.33 Å². The standard InChI is InChI=1S/C15H11N3.CH2N4/c1-3-9-16-13(7-1)12-6-5-11-18-15(12)14-8-2-4-10-17-14;1-2-4-5-3-1/h1-11H;1H,(H,2,3,4,5). The molecule has 23 heavy (non-hydrogen) atoms.